The Bertz CT molecular complexity index is 625. The van der Waals surface area contributed by atoms with Crippen LogP contribution in [-0.4, -0.2) is 11.5 Å². The van der Waals surface area contributed by atoms with Crippen molar-refractivity contribution in [3.05, 3.63) is 34.2 Å². The van der Waals surface area contributed by atoms with E-state index in [2.05, 4.69) is 26.2 Å². The summed E-state index contributed by atoms with van der Waals surface area (Å²) in [5.74, 6) is -0.615. The molecule has 0 radical (unpaired) electrons. The number of alkyl halides is 3. The molecule has 0 unspecified atom stereocenters. The lowest BCUT2D eigenvalue weighted by molar-refractivity contribution is -0.140. The number of fused-ring (bicyclic) bond motifs is 1. The molecule has 1 N–H and O–H groups in total. The molecule has 2 aromatic rings. The molecule has 0 spiro atoms. The molecule has 2 nitrogen and oxygen atoms in total. The van der Waals surface area contributed by atoms with Gasteiger partial charge in [-0.25, -0.2) is 9.37 Å². The molecule has 1 heterocycles. The molecule has 19 heavy (non-hydrogen) atoms. The van der Waals surface area contributed by atoms with E-state index in [1.54, 1.807) is 6.92 Å². The van der Waals surface area contributed by atoms with Crippen LogP contribution in [0.3, 0.4) is 0 Å². The van der Waals surface area contributed by atoms with E-state index >= 15 is 0 Å². The lowest BCUT2D eigenvalue weighted by atomic mass is 10.1. The fraction of sp³-hybridized carbons (Fsp3) is 0.250. The summed E-state index contributed by atoms with van der Waals surface area (Å²) in [6.45, 7) is 2.10. The quantitative estimate of drug-likeness (QED) is 0.811. The molecule has 0 saturated heterocycles. The summed E-state index contributed by atoms with van der Waals surface area (Å²) in [5.41, 5.74) is -1.02. The van der Waals surface area contributed by atoms with Crippen molar-refractivity contribution in [2.24, 2.45) is 0 Å². The van der Waals surface area contributed by atoms with Gasteiger partial charge in [0.05, 0.1) is 10.9 Å². The van der Waals surface area contributed by atoms with E-state index in [4.69, 9.17) is 0 Å². The van der Waals surface area contributed by atoms with Gasteiger partial charge in [-0.1, -0.05) is 0 Å². The SMILES string of the molecule is CCNc1cc(C(F)(F)F)nc2c(Br)ccc(F)c12. The average Bonchev–Trinajstić information content (AvgIpc) is 2.33. The van der Waals surface area contributed by atoms with Crippen molar-refractivity contribution in [1.29, 1.82) is 0 Å². The van der Waals surface area contributed by atoms with Gasteiger partial charge in [0.25, 0.3) is 0 Å². The Kier molecular flexibility index (Phi) is 3.66. The zero-order valence-corrected chi connectivity index (χ0v) is 11.4. The minimum Gasteiger partial charge on any atom is -0.385 e. The Morgan fingerprint density at radius 2 is 2.00 bits per heavy atom. The van der Waals surface area contributed by atoms with Crippen molar-refractivity contribution >= 4 is 32.5 Å². The molecule has 7 heteroatoms. The molecule has 102 valence electrons. The summed E-state index contributed by atoms with van der Waals surface area (Å²) in [7, 11) is 0. The van der Waals surface area contributed by atoms with Gasteiger partial charge in [0.2, 0.25) is 0 Å². The summed E-state index contributed by atoms with van der Waals surface area (Å²) in [4.78, 5) is 3.50. The van der Waals surface area contributed by atoms with E-state index in [0.717, 1.165) is 6.07 Å². The van der Waals surface area contributed by atoms with Gasteiger partial charge >= 0.3 is 6.18 Å². The summed E-state index contributed by atoms with van der Waals surface area (Å²) in [6, 6.07) is 3.34. The van der Waals surface area contributed by atoms with E-state index in [0.29, 0.717) is 11.0 Å². The van der Waals surface area contributed by atoms with Gasteiger partial charge < -0.3 is 5.32 Å². The highest BCUT2D eigenvalue weighted by Gasteiger charge is 2.34. The standard InChI is InChI=1S/C12H9BrF4N2/c1-2-18-8-5-9(12(15,16)17)19-11-6(13)3-4-7(14)10(8)11/h3-5H,2H2,1H3,(H,18,19). The number of rotatable bonds is 2. The van der Waals surface area contributed by atoms with E-state index < -0.39 is 17.7 Å². The first-order valence-corrected chi connectivity index (χ1v) is 6.23. The number of hydrogen-bond donors (Lipinski definition) is 1. The van der Waals surface area contributed by atoms with Crippen molar-refractivity contribution in [2.45, 2.75) is 13.1 Å². The van der Waals surface area contributed by atoms with Crippen molar-refractivity contribution in [3.63, 3.8) is 0 Å². The first-order chi connectivity index (χ1) is 8.84. The predicted molar refractivity (Wildman–Crippen MR) is 68.6 cm³/mol. The summed E-state index contributed by atoms with van der Waals surface area (Å²) >= 11 is 3.09. The Labute approximate surface area is 115 Å². The average molecular weight is 337 g/mol. The maximum Gasteiger partial charge on any atom is 0.433 e. The maximum atomic E-state index is 13.8. The molecule has 0 amide bonds. The predicted octanol–water partition coefficient (Wildman–Crippen LogP) is 4.59. The van der Waals surface area contributed by atoms with Crippen LogP contribution in [0.25, 0.3) is 10.9 Å². The molecule has 0 atom stereocenters. The largest absolute Gasteiger partial charge is 0.433 e. The molecular weight excluding hydrogens is 328 g/mol. The molecule has 1 aromatic heterocycles. The second kappa shape index (κ2) is 4.96. The van der Waals surface area contributed by atoms with Crippen LogP contribution in [0.5, 0.6) is 0 Å². The van der Waals surface area contributed by atoms with Crippen molar-refractivity contribution < 1.29 is 17.6 Å². The molecule has 0 aliphatic heterocycles. The molecule has 0 aliphatic carbocycles. The Hall–Kier alpha value is -1.37. The molecule has 0 bridgehead atoms. The van der Waals surface area contributed by atoms with Gasteiger partial charge in [0, 0.05) is 16.7 Å². The number of pyridine rings is 1. The second-order valence-electron chi connectivity index (χ2n) is 3.84. The second-order valence-corrected chi connectivity index (χ2v) is 4.69. The zero-order valence-electron chi connectivity index (χ0n) is 9.78. The molecule has 2 rings (SSSR count). The summed E-state index contributed by atoms with van der Waals surface area (Å²) in [5, 5.41) is 2.78. The molecule has 0 saturated carbocycles. The lowest BCUT2D eigenvalue weighted by Crippen LogP contribution is -2.10. The first-order valence-electron chi connectivity index (χ1n) is 5.44. The molecular formula is C12H9BrF4N2. The molecule has 0 fully saturated rings. The Morgan fingerprint density at radius 1 is 1.32 bits per heavy atom. The third-order valence-corrected chi connectivity index (χ3v) is 3.16. The van der Waals surface area contributed by atoms with Crippen molar-refractivity contribution in [1.82, 2.24) is 4.98 Å². The van der Waals surface area contributed by atoms with Gasteiger partial charge in [-0.2, -0.15) is 13.2 Å². The smallest absolute Gasteiger partial charge is 0.385 e. The molecule has 1 aromatic carbocycles. The van der Waals surface area contributed by atoms with Crippen LogP contribution in [0.15, 0.2) is 22.7 Å². The highest BCUT2D eigenvalue weighted by molar-refractivity contribution is 9.10. The monoisotopic (exact) mass is 336 g/mol. The maximum absolute atomic E-state index is 13.8. The van der Waals surface area contributed by atoms with Crippen molar-refractivity contribution in [2.75, 3.05) is 11.9 Å². The van der Waals surface area contributed by atoms with Crippen LogP contribution in [0.2, 0.25) is 0 Å². The normalized spacial score (nSPS) is 11.9. The minimum absolute atomic E-state index is 0.0456. The number of anilines is 1. The van der Waals surface area contributed by atoms with Crippen molar-refractivity contribution in [3.8, 4) is 0 Å². The summed E-state index contributed by atoms with van der Waals surface area (Å²) < 4.78 is 52.4. The number of halogens is 5. The van der Waals surface area contributed by atoms with E-state index in [-0.39, 0.29) is 16.6 Å². The topological polar surface area (TPSA) is 24.9 Å². The van der Waals surface area contributed by atoms with Crippen LogP contribution in [-0.2, 0) is 6.18 Å². The number of nitrogens with zero attached hydrogens (tertiary/aromatic N) is 1. The van der Waals surface area contributed by atoms with Crippen LogP contribution in [0.1, 0.15) is 12.6 Å². The fourth-order valence-electron chi connectivity index (χ4n) is 1.74. The van der Waals surface area contributed by atoms with Gasteiger partial charge in [-0.15, -0.1) is 0 Å². The third-order valence-electron chi connectivity index (χ3n) is 2.52. The fourth-order valence-corrected chi connectivity index (χ4v) is 2.16. The van der Waals surface area contributed by atoms with Gasteiger partial charge in [-0.05, 0) is 41.1 Å². The summed E-state index contributed by atoms with van der Waals surface area (Å²) in [6.07, 6.45) is -4.58. The van der Waals surface area contributed by atoms with Crippen LogP contribution in [0.4, 0.5) is 23.2 Å². The Morgan fingerprint density at radius 3 is 2.58 bits per heavy atom. The number of hydrogen-bond acceptors (Lipinski definition) is 2. The third kappa shape index (κ3) is 2.65. The zero-order chi connectivity index (χ0) is 14.2. The highest BCUT2D eigenvalue weighted by atomic mass is 79.9. The van der Waals surface area contributed by atoms with Crippen LogP contribution >= 0.6 is 15.9 Å². The van der Waals surface area contributed by atoms with E-state index in [9.17, 15) is 17.6 Å². The van der Waals surface area contributed by atoms with E-state index in [1.165, 1.54) is 12.1 Å². The highest BCUT2D eigenvalue weighted by Crippen LogP contribution is 2.36. The number of aromatic nitrogens is 1. The Balaban J connectivity index is 2.83. The van der Waals surface area contributed by atoms with Gasteiger partial charge in [0.1, 0.15) is 11.5 Å². The van der Waals surface area contributed by atoms with E-state index in [1.807, 2.05) is 0 Å². The first kappa shape index (κ1) is 14.0. The van der Waals surface area contributed by atoms with Crippen LogP contribution < -0.4 is 5.32 Å². The lowest BCUT2D eigenvalue weighted by Gasteiger charge is -2.13. The number of benzene rings is 1. The molecule has 0 aliphatic rings. The minimum atomic E-state index is -4.58. The number of nitrogens with one attached hydrogen (secondary N) is 1. The van der Waals surface area contributed by atoms with Crippen LogP contribution in [0, 0.1) is 5.82 Å². The van der Waals surface area contributed by atoms with Gasteiger partial charge in [-0.3, -0.25) is 0 Å². The van der Waals surface area contributed by atoms with Gasteiger partial charge in [0.15, 0.2) is 0 Å².